The summed E-state index contributed by atoms with van der Waals surface area (Å²) in [6.45, 7) is 1.46. The summed E-state index contributed by atoms with van der Waals surface area (Å²) in [5.74, 6) is 0.564. The molecule has 1 aliphatic rings. The highest BCUT2D eigenvalue weighted by atomic mass is 16.5. The van der Waals surface area contributed by atoms with Crippen molar-refractivity contribution >= 4 is 16.8 Å². The lowest BCUT2D eigenvalue weighted by molar-refractivity contribution is 0.0951. The Kier molecular flexibility index (Phi) is 4.16. The maximum atomic E-state index is 12.7. The Labute approximate surface area is 162 Å². The van der Waals surface area contributed by atoms with Gasteiger partial charge >= 0.3 is 0 Å². The molecule has 0 spiro atoms. The van der Waals surface area contributed by atoms with Crippen molar-refractivity contribution < 1.29 is 9.32 Å². The van der Waals surface area contributed by atoms with E-state index in [1.807, 2.05) is 48.7 Å². The lowest BCUT2D eigenvalue weighted by Crippen LogP contribution is -2.23. The van der Waals surface area contributed by atoms with Crippen LogP contribution in [0, 0.1) is 0 Å². The van der Waals surface area contributed by atoms with Crippen molar-refractivity contribution in [3.8, 4) is 11.3 Å². The van der Waals surface area contributed by atoms with Crippen LogP contribution in [0.15, 0.2) is 59.3 Å². The van der Waals surface area contributed by atoms with Gasteiger partial charge in [-0.15, -0.1) is 0 Å². The van der Waals surface area contributed by atoms with Gasteiger partial charge in [0, 0.05) is 35.5 Å². The second-order valence-corrected chi connectivity index (χ2v) is 7.09. The number of hydrogen-bond acceptors (Lipinski definition) is 4. The molecule has 1 aliphatic heterocycles. The number of amides is 1. The van der Waals surface area contributed by atoms with Gasteiger partial charge < -0.3 is 9.84 Å². The zero-order valence-corrected chi connectivity index (χ0v) is 15.4. The number of carbonyl (C=O) groups is 1. The Bertz CT molecular complexity index is 1140. The lowest BCUT2D eigenvalue weighted by atomic mass is 10.1. The van der Waals surface area contributed by atoms with Crippen molar-refractivity contribution in [2.45, 2.75) is 32.4 Å². The summed E-state index contributed by atoms with van der Waals surface area (Å²) >= 11 is 0. The average Bonchev–Trinajstić information content (AvgIpc) is 3.36. The van der Waals surface area contributed by atoms with Gasteiger partial charge in [-0.2, -0.15) is 5.10 Å². The fourth-order valence-electron chi connectivity index (χ4n) is 3.79. The maximum Gasteiger partial charge on any atom is 0.251 e. The molecular formula is C22H20N4O2. The molecule has 0 saturated heterocycles. The van der Waals surface area contributed by atoms with Crippen LogP contribution in [0.4, 0.5) is 0 Å². The van der Waals surface area contributed by atoms with E-state index >= 15 is 0 Å². The topological polar surface area (TPSA) is 73.0 Å². The van der Waals surface area contributed by atoms with Gasteiger partial charge in [0.05, 0.1) is 11.6 Å². The first kappa shape index (κ1) is 16.7. The van der Waals surface area contributed by atoms with E-state index in [0.717, 1.165) is 35.0 Å². The molecule has 1 amide bonds. The lowest BCUT2D eigenvalue weighted by Gasteiger charge is -2.15. The van der Waals surface area contributed by atoms with Crippen molar-refractivity contribution in [1.29, 1.82) is 0 Å². The first-order valence-corrected chi connectivity index (χ1v) is 9.56. The summed E-state index contributed by atoms with van der Waals surface area (Å²) in [5.41, 5.74) is 4.61. The molecule has 0 saturated carbocycles. The van der Waals surface area contributed by atoms with Gasteiger partial charge in [-0.3, -0.25) is 9.48 Å². The van der Waals surface area contributed by atoms with Crippen LogP contribution in [0.2, 0.25) is 0 Å². The van der Waals surface area contributed by atoms with Crippen molar-refractivity contribution in [2.75, 3.05) is 0 Å². The van der Waals surface area contributed by atoms with E-state index < -0.39 is 0 Å². The molecule has 0 aliphatic carbocycles. The highest BCUT2D eigenvalue weighted by Gasteiger charge is 2.17. The quantitative estimate of drug-likeness (QED) is 0.589. The molecule has 2 aromatic carbocycles. The zero-order valence-electron chi connectivity index (χ0n) is 15.4. The van der Waals surface area contributed by atoms with Crippen LogP contribution >= 0.6 is 0 Å². The first-order valence-electron chi connectivity index (χ1n) is 9.56. The molecule has 28 heavy (non-hydrogen) atoms. The smallest absolute Gasteiger partial charge is 0.251 e. The molecular weight excluding hydrogens is 352 g/mol. The van der Waals surface area contributed by atoms with Crippen LogP contribution in [0.1, 0.15) is 34.5 Å². The van der Waals surface area contributed by atoms with Gasteiger partial charge in [0.15, 0.2) is 5.76 Å². The summed E-state index contributed by atoms with van der Waals surface area (Å²) < 4.78 is 7.58. The highest BCUT2D eigenvalue weighted by molar-refractivity contribution is 6.00. The van der Waals surface area contributed by atoms with Crippen LogP contribution < -0.4 is 5.32 Å². The molecule has 0 atom stereocenters. The third kappa shape index (κ3) is 2.97. The van der Waals surface area contributed by atoms with E-state index in [1.165, 1.54) is 18.5 Å². The Morgan fingerprint density at radius 3 is 2.93 bits per heavy atom. The molecule has 5 rings (SSSR count). The number of aromatic nitrogens is 3. The fraction of sp³-hybridized carbons (Fsp3) is 0.227. The summed E-state index contributed by atoms with van der Waals surface area (Å²) in [7, 11) is 0. The standard InChI is InChI=1S/C22H20N4O2/c27-22(23-13-17-14-24-26-11-5-4-8-20(17)26)16-9-10-19-18(12-16)21(28-25-19)15-6-2-1-3-7-15/h1-3,6-7,9-10,12,14H,4-5,8,11,13H2,(H,23,27). The monoisotopic (exact) mass is 372 g/mol. The van der Waals surface area contributed by atoms with Crippen LogP contribution in [-0.4, -0.2) is 20.8 Å². The zero-order chi connectivity index (χ0) is 18.9. The van der Waals surface area contributed by atoms with Gasteiger partial charge in [0.25, 0.3) is 5.91 Å². The number of nitrogens with zero attached hydrogens (tertiary/aromatic N) is 3. The van der Waals surface area contributed by atoms with Gasteiger partial charge in [-0.05, 0) is 37.5 Å². The van der Waals surface area contributed by atoms with E-state index in [1.54, 1.807) is 6.07 Å². The minimum absolute atomic E-state index is 0.113. The van der Waals surface area contributed by atoms with Crippen LogP contribution in [0.25, 0.3) is 22.2 Å². The van der Waals surface area contributed by atoms with E-state index in [0.29, 0.717) is 17.9 Å². The highest BCUT2D eigenvalue weighted by Crippen LogP contribution is 2.29. The summed E-state index contributed by atoms with van der Waals surface area (Å²) in [6, 6.07) is 15.2. The van der Waals surface area contributed by atoms with Crippen molar-refractivity contribution in [2.24, 2.45) is 0 Å². The number of rotatable bonds is 4. The van der Waals surface area contributed by atoms with Crippen LogP contribution in [-0.2, 0) is 19.5 Å². The third-order valence-electron chi connectivity index (χ3n) is 5.28. The van der Waals surface area contributed by atoms with Crippen molar-refractivity contribution in [3.63, 3.8) is 0 Å². The molecule has 0 bridgehead atoms. The minimum atomic E-state index is -0.113. The average molecular weight is 372 g/mol. The number of nitrogens with one attached hydrogen (secondary N) is 1. The predicted octanol–water partition coefficient (Wildman–Crippen LogP) is 3.96. The number of aryl methyl sites for hydroxylation is 1. The first-order chi connectivity index (χ1) is 13.8. The van der Waals surface area contributed by atoms with Crippen molar-refractivity contribution in [3.05, 3.63) is 71.5 Å². The van der Waals surface area contributed by atoms with E-state index in [-0.39, 0.29) is 5.91 Å². The Morgan fingerprint density at radius 2 is 2.04 bits per heavy atom. The molecule has 0 radical (unpaired) electrons. The summed E-state index contributed by atoms with van der Waals surface area (Å²) in [5, 5.41) is 12.4. The fourth-order valence-corrected chi connectivity index (χ4v) is 3.79. The second kappa shape index (κ2) is 6.96. The number of fused-ring (bicyclic) bond motifs is 2. The van der Waals surface area contributed by atoms with Crippen LogP contribution in [0.5, 0.6) is 0 Å². The predicted molar refractivity (Wildman–Crippen MR) is 106 cm³/mol. The summed E-state index contributed by atoms with van der Waals surface area (Å²) in [6.07, 6.45) is 5.25. The molecule has 0 fully saturated rings. The van der Waals surface area contributed by atoms with Crippen molar-refractivity contribution in [1.82, 2.24) is 20.3 Å². The van der Waals surface area contributed by atoms with Gasteiger partial charge in [0.2, 0.25) is 0 Å². The SMILES string of the molecule is O=C(NCc1cnn2c1CCCC2)c1ccc2noc(-c3ccccc3)c2c1. The summed E-state index contributed by atoms with van der Waals surface area (Å²) in [4.78, 5) is 12.7. The number of carbonyl (C=O) groups excluding carboxylic acids is 1. The van der Waals surface area contributed by atoms with E-state index in [2.05, 4.69) is 20.3 Å². The van der Waals surface area contributed by atoms with Crippen LogP contribution in [0.3, 0.4) is 0 Å². The molecule has 6 heteroatoms. The Balaban J connectivity index is 1.38. The van der Waals surface area contributed by atoms with E-state index in [4.69, 9.17) is 4.52 Å². The molecule has 4 aromatic rings. The molecule has 6 nitrogen and oxygen atoms in total. The van der Waals surface area contributed by atoms with E-state index in [9.17, 15) is 4.79 Å². The van der Waals surface area contributed by atoms with Gasteiger partial charge in [-0.1, -0.05) is 35.5 Å². The molecule has 2 aromatic heterocycles. The third-order valence-corrected chi connectivity index (χ3v) is 5.28. The normalized spacial score (nSPS) is 13.4. The molecule has 1 N–H and O–H groups in total. The Morgan fingerprint density at radius 1 is 1.14 bits per heavy atom. The second-order valence-electron chi connectivity index (χ2n) is 7.09. The molecule has 0 unspecified atom stereocenters. The Hall–Kier alpha value is -3.41. The van der Waals surface area contributed by atoms with Gasteiger partial charge in [0.1, 0.15) is 5.52 Å². The molecule has 140 valence electrons. The number of hydrogen-bond donors (Lipinski definition) is 1. The largest absolute Gasteiger partial charge is 0.355 e. The number of benzene rings is 2. The molecule has 3 heterocycles. The van der Waals surface area contributed by atoms with Gasteiger partial charge in [-0.25, -0.2) is 0 Å². The maximum absolute atomic E-state index is 12.7. The minimum Gasteiger partial charge on any atom is -0.355 e.